The van der Waals surface area contributed by atoms with E-state index in [-0.39, 0.29) is 23.7 Å². The van der Waals surface area contributed by atoms with Gasteiger partial charge < -0.3 is 25.0 Å². The molecule has 1 aliphatic heterocycles. The molecule has 2 fully saturated rings. The third-order valence-corrected chi connectivity index (χ3v) is 8.20. The van der Waals surface area contributed by atoms with Gasteiger partial charge in [-0.1, -0.05) is 0 Å². The maximum absolute atomic E-state index is 13.1. The SMILES string of the molecule is N#CCC1(n2cc(-c3ncnc4[nH]ccc34)cn2)CN(C2CCC(Oc3cc(CO)nc(C(F)(F)F)n3)CC2)C1.O=C(O)C(F)(F)F.O=C(O)C(F)(F)F. The van der Waals surface area contributed by atoms with Gasteiger partial charge in [-0.25, -0.2) is 24.5 Å². The normalized spacial score (nSPS) is 18.6. The monoisotopic (exact) mass is 781 g/mol. The van der Waals surface area contributed by atoms with Crippen molar-refractivity contribution >= 4 is 23.0 Å². The summed E-state index contributed by atoms with van der Waals surface area (Å²) in [6.45, 7) is 0.700. The van der Waals surface area contributed by atoms with Gasteiger partial charge in [0.2, 0.25) is 11.7 Å². The van der Waals surface area contributed by atoms with Crippen LogP contribution in [0.5, 0.6) is 5.88 Å². The Hall–Kier alpha value is -5.57. The molecule has 0 unspecified atom stereocenters. The first-order chi connectivity index (χ1) is 25.2. The number of alkyl halides is 9. The molecular weight excluding hydrogens is 753 g/mol. The lowest BCUT2D eigenvalue weighted by Crippen LogP contribution is -2.65. The maximum Gasteiger partial charge on any atom is 0.490 e. The van der Waals surface area contributed by atoms with E-state index in [0.29, 0.717) is 32.4 Å². The van der Waals surface area contributed by atoms with E-state index >= 15 is 0 Å². The Morgan fingerprint density at radius 1 is 0.981 bits per heavy atom. The van der Waals surface area contributed by atoms with Gasteiger partial charge in [-0.15, -0.1) is 0 Å². The van der Waals surface area contributed by atoms with Crippen LogP contribution in [-0.4, -0.2) is 104 Å². The number of H-pyrrole nitrogens is 1. The minimum atomic E-state index is -5.08. The number of nitrogens with zero attached hydrogens (tertiary/aromatic N) is 8. The number of halogens is 9. The van der Waals surface area contributed by atoms with Crippen LogP contribution in [0.3, 0.4) is 0 Å². The van der Waals surface area contributed by atoms with Crippen molar-refractivity contribution in [2.75, 3.05) is 13.1 Å². The number of aliphatic hydroxyl groups is 1. The second kappa shape index (κ2) is 16.2. The first kappa shape index (κ1) is 41.2. The highest BCUT2D eigenvalue weighted by atomic mass is 19.4. The average molecular weight is 782 g/mol. The molecule has 1 saturated carbocycles. The molecule has 0 atom stereocenters. The van der Waals surface area contributed by atoms with Crippen molar-refractivity contribution in [2.24, 2.45) is 0 Å². The number of carboxylic acids is 2. The predicted octanol–water partition coefficient (Wildman–Crippen LogP) is 4.70. The minimum absolute atomic E-state index is 0.139. The summed E-state index contributed by atoms with van der Waals surface area (Å²) in [5, 5.41) is 38.6. The second-order valence-corrected chi connectivity index (χ2v) is 11.9. The Morgan fingerprint density at radius 3 is 2.13 bits per heavy atom. The van der Waals surface area contributed by atoms with Crippen LogP contribution >= 0.6 is 0 Å². The van der Waals surface area contributed by atoms with Crippen molar-refractivity contribution < 1.29 is 69.2 Å². The number of carboxylic acid groups (broad SMARTS) is 2. The number of aromatic nitrogens is 7. The van der Waals surface area contributed by atoms with Crippen LogP contribution < -0.4 is 4.74 Å². The highest BCUT2D eigenvalue weighted by molar-refractivity contribution is 5.90. The molecule has 4 N–H and O–H groups in total. The van der Waals surface area contributed by atoms with E-state index in [9.17, 15) is 49.9 Å². The van der Waals surface area contributed by atoms with E-state index < -0.39 is 48.4 Å². The number of ether oxygens (including phenoxy) is 1. The predicted molar refractivity (Wildman–Crippen MR) is 162 cm³/mol. The van der Waals surface area contributed by atoms with Crippen molar-refractivity contribution in [3.63, 3.8) is 0 Å². The first-order valence-electron chi connectivity index (χ1n) is 15.4. The van der Waals surface area contributed by atoms with Crippen LogP contribution in [0, 0.1) is 11.3 Å². The average Bonchev–Trinajstić information content (AvgIpc) is 3.77. The zero-order valence-corrected chi connectivity index (χ0v) is 27.3. The van der Waals surface area contributed by atoms with Gasteiger partial charge in [0.1, 0.15) is 23.6 Å². The van der Waals surface area contributed by atoms with E-state index in [2.05, 4.69) is 41.0 Å². The zero-order chi connectivity index (χ0) is 40.1. The van der Waals surface area contributed by atoms with Crippen LogP contribution in [-0.2, 0) is 27.9 Å². The van der Waals surface area contributed by atoms with Crippen LogP contribution in [0.1, 0.15) is 43.6 Å². The van der Waals surface area contributed by atoms with E-state index in [1.165, 1.54) is 12.4 Å². The third-order valence-electron chi connectivity index (χ3n) is 8.20. The van der Waals surface area contributed by atoms with Crippen LogP contribution in [0.25, 0.3) is 22.3 Å². The number of rotatable bonds is 7. The summed E-state index contributed by atoms with van der Waals surface area (Å²) in [6, 6.07) is 5.75. The number of fused-ring (bicyclic) bond motifs is 1. The summed E-state index contributed by atoms with van der Waals surface area (Å²) in [7, 11) is 0. The Kier molecular flexibility index (Phi) is 12.4. The van der Waals surface area contributed by atoms with E-state index in [1.54, 1.807) is 6.20 Å². The number of hydrogen-bond donors (Lipinski definition) is 4. The van der Waals surface area contributed by atoms with Gasteiger partial charge >= 0.3 is 30.5 Å². The molecule has 4 aromatic rings. The fourth-order valence-electron chi connectivity index (χ4n) is 5.70. The standard InChI is InChI=1S/C26H26F3N9O2.2C2HF3O2/c27-26(28,29)24-35-17(12-39)9-21(36-24)40-19-3-1-18(2-4-19)37-13-25(14-37,6-7-30)38-11-16(10-34-38)22-20-5-8-31-23(20)33-15-32-22;2*3-2(4,5)1(6)7/h5,8-11,15,18-19,39H,1-4,6,12-14H2,(H,31,32,33);2*(H,6,7). The van der Waals surface area contributed by atoms with Gasteiger partial charge in [-0.3, -0.25) is 9.58 Å². The lowest BCUT2D eigenvalue weighted by Gasteiger charge is -2.53. The van der Waals surface area contributed by atoms with Crippen molar-refractivity contribution in [3.05, 3.63) is 48.6 Å². The largest absolute Gasteiger partial charge is 0.490 e. The quantitative estimate of drug-likeness (QED) is 0.187. The molecule has 1 saturated heterocycles. The van der Waals surface area contributed by atoms with E-state index in [4.69, 9.17) is 24.5 Å². The number of aromatic amines is 1. The number of nitrogens with one attached hydrogen (secondary N) is 1. The Balaban J connectivity index is 0.000000396. The highest BCUT2D eigenvalue weighted by Gasteiger charge is 2.48. The fourth-order valence-corrected chi connectivity index (χ4v) is 5.70. The van der Waals surface area contributed by atoms with E-state index in [1.807, 2.05) is 23.1 Å². The van der Waals surface area contributed by atoms with Gasteiger partial charge in [0.05, 0.1) is 36.7 Å². The van der Waals surface area contributed by atoms with Gasteiger partial charge in [0, 0.05) is 48.5 Å². The zero-order valence-electron chi connectivity index (χ0n) is 27.3. The number of nitriles is 1. The van der Waals surface area contributed by atoms with Crippen molar-refractivity contribution in [1.29, 1.82) is 5.26 Å². The maximum atomic E-state index is 13.1. The fraction of sp³-hybridized carbons (Fsp3) is 0.467. The first-order valence-corrected chi connectivity index (χ1v) is 15.4. The topological polar surface area (TPSA) is 216 Å². The van der Waals surface area contributed by atoms with Crippen molar-refractivity contribution in [1.82, 2.24) is 39.6 Å². The third kappa shape index (κ3) is 10.1. The molecular formula is C30H28F9N9O6. The molecule has 0 amide bonds. The molecule has 54 heavy (non-hydrogen) atoms. The van der Waals surface area contributed by atoms with Gasteiger partial charge in [-0.05, 0) is 31.7 Å². The van der Waals surface area contributed by atoms with Crippen molar-refractivity contribution in [2.45, 2.75) is 74.9 Å². The molecule has 292 valence electrons. The summed E-state index contributed by atoms with van der Waals surface area (Å²) in [5.74, 6) is -7.02. The molecule has 0 aromatic carbocycles. The van der Waals surface area contributed by atoms with E-state index in [0.717, 1.165) is 35.1 Å². The molecule has 1 aliphatic carbocycles. The smallest absolute Gasteiger partial charge is 0.475 e. The molecule has 0 spiro atoms. The van der Waals surface area contributed by atoms with Crippen LogP contribution in [0.2, 0.25) is 0 Å². The lowest BCUT2D eigenvalue weighted by atomic mass is 9.82. The Labute approximate surface area is 297 Å². The minimum Gasteiger partial charge on any atom is -0.475 e. The summed E-state index contributed by atoms with van der Waals surface area (Å²) >= 11 is 0. The van der Waals surface area contributed by atoms with Crippen LogP contribution in [0.4, 0.5) is 39.5 Å². The molecule has 15 nitrogen and oxygen atoms in total. The van der Waals surface area contributed by atoms with Crippen LogP contribution in [0.15, 0.2) is 37.1 Å². The molecule has 5 heterocycles. The summed E-state index contributed by atoms with van der Waals surface area (Å²) in [5.41, 5.74) is 1.78. The molecule has 0 radical (unpaired) electrons. The van der Waals surface area contributed by atoms with Gasteiger partial charge in [0.15, 0.2) is 0 Å². The highest BCUT2D eigenvalue weighted by Crippen LogP contribution is 2.39. The number of hydrogen-bond acceptors (Lipinski definition) is 11. The number of carbonyl (C=O) groups is 2. The Bertz CT molecular complexity index is 1940. The summed E-state index contributed by atoms with van der Waals surface area (Å²) in [4.78, 5) is 38.7. The summed E-state index contributed by atoms with van der Waals surface area (Å²) < 4.78 is 111. The van der Waals surface area contributed by atoms with Gasteiger partial charge in [0.25, 0.3) is 0 Å². The molecule has 4 aromatic heterocycles. The molecule has 2 aliphatic rings. The summed E-state index contributed by atoms with van der Waals surface area (Å²) in [6.07, 6.45) is -4.94. The van der Waals surface area contributed by atoms with Crippen molar-refractivity contribution in [3.8, 4) is 23.2 Å². The number of aliphatic hydroxyl groups excluding tert-OH is 1. The number of aliphatic carboxylic acids is 2. The second-order valence-electron chi connectivity index (χ2n) is 11.9. The lowest BCUT2D eigenvalue weighted by molar-refractivity contribution is -0.193. The number of likely N-dealkylation sites (tertiary alicyclic amines) is 1. The molecule has 24 heteroatoms. The van der Waals surface area contributed by atoms with Gasteiger partial charge in [-0.2, -0.15) is 54.9 Å². The Morgan fingerprint density at radius 2 is 1.59 bits per heavy atom. The molecule has 6 rings (SSSR count). The molecule has 0 bridgehead atoms.